The summed E-state index contributed by atoms with van der Waals surface area (Å²) in [6.45, 7) is 4.50. The topological polar surface area (TPSA) is 51.2 Å². The van der Waals surface area contributed by atoms with Crippen molar-refractivity contribution in [1.29, 1.82) is 0 Å². The average molecular weight is 282 g/mol. The summed E-state index contributed by atoms with van der Waals surface area (Å²) in [5, 5.41) is 6.75. The van der Waals surface area contributed by atoms with Crippen LogP contribution < -0.4 is 5.32 Å². The lowest BCUT2D eigenvalue weighted by molar-refractivity contribution is -0.149. The fourth-order valence-electron chi connectivity index (χ4n) is 2.63. The van der Waals surface area contributed by atoms with Crippen molar-refractivity contribution >= 4 is 17.3 Å². The van der Waals surface area contributed by atoms with E-state index in [1.54, 1.807) is 11.3 Å². The summed E-state index contributed by atoms with van der Waals surface area (Å²) in [7, 11) is 0. The first-order valence-corrected chi connectivity index (χ1v) is 7.90. The molecule has 1 atom stereocenters. The lowest BCUT2D eigenvalue weighted by Gasteiger charge is -2.29. The van der Waals surface area contributed by atoms with Crippen LogP contribution in [0.15, 0.2) is 11.6 Å². The number of rotatable bonds is 5. The van der Waals surface area contributed by atoms with Gasteiger partial charge in [0.1, 0.15) is 5.01 Å². The lowest BCUT2D eigenvalue weighted by atomic mass is 9.86. The molecule has 1 unspecified atom stereocenters. The zero-order chi connectivity index (χ0) is 13.7. The molecule has 1 N–H and O–H groups in total. The summed E-state index contributed by atoms with van der Waals surface area (Å²) in [5.41, 5.74) is 0. The first-order chi connectivity index (χ1) is 9.20. The second kappa shape index (κ2) is 7.01. The summed E-state index contributed by atoms with van der Waals surface area (Å²) in [6, 6.07) is 0.786. The maximum atomic E-state index is 11.7. The van der Waals surface area contributed by atoms with Crippen molar-refractivity contribution in [1.82, 2.24) is 10.3 Å². The van der Waals surface area contributed by atoms with E-state index in [1.807, 2.05) is 18.5 Å². The van der Waals surface area contributed by atoms with Gasteiger partial charge in [-0.15, -0.1) is 11.3 Å². The van der Waals surface area contributed by atoms with E-state index in [0.29, 0.717) is 18.7 Å². The molecule has 4 nitrogen and oxygen atoms in total. The fourth-order valence-corrected chi connectivity index (χ4v) is 3.28. The Hall–Kier alpha value is -0.940. The van der Waals surface area contributed by atoms with Crippen molar-refractivity contribution in [2.45, 2.75) is 51.6 Å². The van der Waals surface area contributed by atoms with Gasteiger partial charge in [0.15, 0.2) is 0 Å². The fraction of sp³-hybridized carbons (Fsp3) is 0.714. The predicted molar refractivity (Wildman–Crippen MR) is 76.0 cm³/mol. The monoisotopic (exact) mass is 282 g/mol. The van der Waals surface area contributed by atoms with Crippen LogP contribution in [0, 0.1) is 5.92 Å². The molecule has 0 amide bonds. The van der Waals surface area contributed by atoms with Gasteiger partial charge in [-0.25, -0.2) is 4.98 Å². The highest BCUT2D eigenvalue weighted by molar-refractivity contribution is 7.09. The largest absolute Gasteiger partial charge is 0.466 e. The number of carbonyl (C=O) groups is 1. The number of aromatic nitrogens is 1. The van der Waals surface area contributed by atoms with Gasteiger partial charge in [-0.3, -0.25) is 4.79 Å². The molecule has 0 aliphatic heterocycles. The molecule has 0 radical (unpaired) electrons. The van der Waals surface area contributed by atoms with E-state index >= 15 is 0 Å². The number of carbonyl (C=O) groups excluding carboxylic acids is 1. The summed E-state index contributed by atoms with van der Waals surface area (Å²) >= 11 is 1.68. The van der Waals surface area contributed by atoms with Crippen molar-refractivity contribution in [2.75, 3.05) is 6.61 Å². The van der Waals surface area contributed by atoms with Gasteiger partial charge < -0.3 is 10.1 Å². The van der Waals surface area contributed by atoms with E-state index in [9.17, 15) is 4.79 Å². The standard InChI is InChI=1S/C14H22N2O2S/c1-3-18-14(17)11-4-6-12(7-5-11)16-10(2)13-15-8-9-19-13/h8-12,16H,3-7H2,1-2H3. The van der Waals surface area contributed by atoms with E-state index < -0.39 is 0 Å². The molecule has 0 bridgehead atoms. The third-order valence-electron chi connectivity index (χ3n) is 3.65. The molecule has 0 aromatic carbocycles. The summed E-state index contributed by atoms with van der Waals surface area (Å²) in [6.07, 6.45) is 5.79. The van der Waals surface area contributed by atoms with Gasteiger partial charge in [0.2, 0.25) is 0 Å². The van der Waals surface area contributed by atoms with Gasteiger partial charge in [-0.05, 0) is 39.5 Å². The maximum absolute atomic E-state index is 11.7. The zero-order valence-corrected chi connectivity index (χ0v) is 12.4. The summed E-state index contributed by atoms with van der Waals surface area (Å²) < 4.78 is 5.09. The van der Waals surface area contributed by atoms with Gasteiger partial charge in [-0.1, -0.05) is 0 Å². The number of ether oxygens (including phenoxy) is 1. The van der Waals surface area contributed by atoms with Crippen LogP contribution in [0.1, 0.15) is 50.6 Å². The van der Waals surface area contributed by atoms with Crippen LogP contribution in [0.25, 0.3) is 0 Å². The zero-order valence-electron chi connectivity index (χ0n) is 11.6. The SMILES string of the molecule is CCOC(=O)C1CCC(NC(C)c2nccs2)CC1. The predicted octanol–water partition coefficient (Wildman–Crippen LogP) is 2.92. The normalized spacial score (nSPS) is 24.9. The maximum Gasteiger partial charge on any atom is 0.308 e. The van der Waals surface area contributed by atoms with Crippen LogP contribution in [0.5, 0.6) is 0 Å². The number of hydrogen-bond acceptors (Lipinski definition) is 5. The third kappa shape index (κ3) is 4.01. The van der Waals surface area contributed by atoms with Gasteiger partial charge in [0.05, 0.1) is 18.6 Å². The Morgan fingerprint density at radius 1 is 1.53 bits per heavy atom. The Bertz CT molecular complexity index is 386. The van der Waals surface area contributed by atoms with Crippen LogP contribution in [0.4, 0.5) is 0 Å². The van der Waals surface area contributed by atoms with Crippen LogP contribution in [-0.4, -0.2) is 23.6 Å². The molecule has 0 saturated heterocycles. The van der Waals surface area contributed by atoms with E-state index in [2.05, 4.69) is 17.2 Å². The molecule has 1 aliphatic rings. The average Bonchev–Trinajstić information content (AvgIpc) is 2.94. The van der Waals surface area contributed by atoms with Gasteiger partial charge in [-0.2, -0.15) is 0 Å². The molecule has 2 rings (SSSR count). The first kappa shape index (κ1) is 14.5. The first-order valence-electron chi connectivity index (χ1n) is 7.02. The molecular formula is C14H22N2O2S. The molecule has 106 valence electrons. The van der Waals surface area contributed by atoms with Gasteiger partial charge in [0, 0.05) is 17.6 Å². The van der Waals surface area contributed by atoms with Crippen LogP contribution >= 0.6 is 11.3 Å². The number of nitrogens with zero attached hydrogens (tertiary/aromatic N) is 1. The van der Waals surface area contributed by atoms with Crippen LogP contribution in [-0.2, 0) is 9.53 Å². The Balaban J connectivity index is 1.76. The number of nitrogens with one attached hydrogen (secondary N) is 1. The molecule has 19 heavy (non-hydrogen) atoms. The van der Waals surface area contributed by atoms with Crippen molar-refractivity contribution in [3.63, 3.8) is 0 Å². The van der Waals surface area contributed by atoms with Crippen LogP contribution in [0.3, 0.4) is 0 Å². The quantitative estimate of drug-likeness (QED) is 0.844. The van der Waals surface area contributed by atoms with Crippen molar-refractivity contribution < 1.29 is 9.53 Å². The minimum atomic E-state index is -0.0195. The lowest BCUT2D eigenvalue weighted by Crippen LogP contribution is -2.36. The minimum Gasteiger partial charge on any atom is -0.466 e. The third-order valence-corrected chi connectivity index (χ3v) is 4.61. The van der Waals surface area contributed by atoms with Crippen LogP contribution in [0.2, 0.25) is 0 Å². The van der Waals surface area contributed by atoms with E-state index in [0.717, 1.165) is 30.7 Å². The number of esters is 1. The van der Waals surface area contributed by atoms with Crippen molar-refractivity contribution in [3.05, 3.63) is 16.6 Å². The molecule has 5 heteroatoms. The molecule has 1 heterocycles. The second-order valence-electron chi connectivity index (χ2n) is 5.06. The van der Waals surface area contributed by atoms with Crippen molar-refractivity contribution in [3.8, 4) is 0 Å². The molecule has 1 aromatic rings. The van der Waals surface area contributed by atoms with Crippen molar-refractivity contribution in [2.24, 2.45) is 5.92 Å². The molecule has 1 aliphatic carbocycles. The number of thiazole rings is 1. The molecule has 1 saturated carbocycles. The highest BCUT2D eigenvalue weighted by Gasteiger charge is 2.28. The molecule has 0 spiro atoms. The van der Waals surface area contributed by atoms with Gasteiger partial charge >= 0.3 is 5.97 Å². The van der Waals surface area contributed by atoms with E-state index in [4.69, 9.17) is 4.74 Å². The number of hydrogen-bond donors (Lipinski definition) is 1. The highest BCUT2D eigenvalue weighted by Crippen LogP contribution is 2.27. The molecule has 1 aromatic heterocycles. The van der Waals surface area contributed by atoms with Gasteiger partial charge in [0.25, 0.3) is 0 Å². The smallest absolute Gasteiger partial charge is 0.308 e. The Kier molecular flexibility index (Phi) is 5.34. The highest BCUT2D eigenvalue weighted by atomic mass is 32.1. The van der Waals surface area contributed by atoms with E-state index in [-0.39, 0.29) is 11.9 Å². The van der Waals surface area contributed by atoms with E-state index in [1.165, 1.54) is 0 Å². The summed E-state index contributed by atoms with van der Waals surface area (Å²) in [4.78, 5) is 16.0. The Morgan fingerprint density at radius 3 is 2.84 bits per heavy atom. The second-order valence-corrected chi connectivity index (χ2v) is 5.99. The molecular weight excluding hydrogens is 260 g/mol. The molecule has 1 fully saturated rings. The minimum absolute atomic E-state index is 0.0195. The Labute approximate surface area is 118 Å². The summed E-state index contributed by atoms with van der Waals surface area (Å²) in [5.74, 6) is 0.0853. The Morgan fingerprint density at radius 2 is 2.26 bits per heavy atom.